The fraction of sp³-hybridized carbons (Fsp3) is 0.667. The van der Waals surface area contributed by atoms with Gasteiger partial charge >= 0.3 is 23.9 Å². The molecule has 6 heteroatoms. The van der Waals surface area contributed by atoms with E-state index < -0.39 is 11.9 Å². The molecular weight excluding hydrogens is 240 g/mol. The van der Waals surface area contributed by atoms with Crippen LogP contribution >= 0.6 is 0 Å². The highest BCUT2D eigenvalue weighted by molar-refractivity contribution is 5.96. The minimum absolute atomic E-state index is 0.101. The third-order valence-electron chi connectivity index (χ3n) is 3.33. The summed E-state index contributed by atoms with van der Waals surface area (Å²) < 4.78 is 8.61. The summed E-state index contributed by atoms with van der Waals surface area (Å²) in [6.45, 7) is 0. The molecule has 1 saturated carbocycles. The smallest absolute Gasteiger partial charge is 0.317 e. The number of esters is 4. The van der Waals surface area contributed by atoms with Crippen LogP contribution in [0.3, 0.4) is 0 Å². The second-order valence-corrected chi connectivity index (χ2v) is 4.58. The van der Waals surface area contributed by atoms with Gasteiger partial charge in [0.15, 0.2) is 0 Å². The van der Waals surface area contributed by atoms with Crippen molar-refractivity contribution in [1.82, 2.24) is 0 Å². The summed E-state index contributed by atoms with van der Waals surface area (Å²) in [5.41, 5.74) is 0. The number of ether oxygens (including phenoxy) is 2. The number of carbonyl (C=O) groups excluding carboxylic acids is 4. The van der Waals surface area contributed by atoms with Crippen molar-refractivity contribution in [2.45, 2.75) is 38.5 Å². The first-order valence-electron chi connectivity index (χ1n) is 6.07. The summed E-state index contributed by atoms with van der Waals surface area (Å²) in [4.78, 5) is 42.0. The molecule has 0 spiro atoms. The molecule has 0 N–H and O–H groups in total. The molecule has 3 aliphatic rings. The van der Waals surface area contributed by atoms with Crippen molar-refractivity contribution in [1.29, 1.82) is 0 Å². The largest absolute Gasteiger partial charge is 0.393 e. The Labute approximate surface area is 104 Å². The van der Waals surface area contributed by atoms with Gasteiger partial charge in [0.25, 0.3) is 0 Å². The van der Waals surface area contributed by atoms with Gasteiger partial charge in [0.2, 0.25) is 0 Å². The normalized spacial score (nSPS) is 30.2. The van der Waals surface area contributed by atoms with Gasteiger partial charge in [0.1, 0.15) is 0 Å². The predicted octanol–water partition coefficient (Wildman–Crippen LogP) is 0.726. The molecule has 0 radical (unpaired) electrons. The van der Waals surface area contributed by atoms with Gasteiger partial charge < -0.3 is 9.47 Å². The van der Waals surface area contributed by atoms with E-state index >= 15 is 0 Å². The second-order valence-electron chi connectivity index (χ2n) is 4.58. The lowest BCUT2D eigenvalue weighted by molar-refractivity contribution is -0.154. The van der Waals surface area contributed by atoms with Crippen LogP contribution < -0.4 is 0 Å². The Morgan fingerprint density at radius 3 is 1.50 bits per heavy atom. The van der Waals surface area contributed by atoms with Gasteiger partial charge in [-0.3, -0.25) is 19.2 Å². The van der Waals surface area contributed by atoms with Crippen molar-refractivity contribution in [2.24, 2.45) is 11.8 Å². The van der Waals surface area contributed by atoms with E-state index in [-0.39, 0.29) is 36.6 Å². The average molecular weight is 254 g/mol. The van der Waals surface area contributed by atoms with Crippen LogP contribution in [0.25, 0.3) is 0 Å². The molecule has 0 bridgehead atoms. The Morgan fingerprint density at radius 1 is 0.722 bits per heavy atom. The van der Waals surface area contributed by atoms with Crippen molar-refractivity contribution in [2.75, 3.05) is 0 Å². The number of carbonyl (C=O) groups is 4. The summed E-state index contributed by atoms with van der Waals surface area (Å²) in [5, 5.41) is 0. The Morgan fingerprint density at radius 2 is 1.17 bits per heavy atom. The molecule has 0 aromatic heterocycles. The maximum Gasteiger partial charge on any atom is 0.317 e. The highest BCUT2D eigenvalue weighted by Crippen LogP contribution is 2.36. The minimum Gasteiger partial charge on any atom is -0.393 e. The molecule has 0 aromatic rings. The van der Waals surface area contributed by atoms with Crippen molar-refractivity contribution in [3.8, 4) is 0 Å². The topological polar surface area (TPSA) is 86.7 Å². The summed E-state index contributed by atoms with van der Waals surface area (Å²) in [7, 11) is 0. The minimum atomic E-state index is -0.398. The summed E-state index contributed by atoms with van der Waals surface area (Å²) in [6, 6.07) is 0. The quantitative estimate of drug-likeness (QED) is 0.467. The van der Waals surface area contributed by atoms with E-state index in [0.717, 1.165) is 25.7 Å². The third-order valence-corrected chi connectivity index (χ3v) is 3.33. The van der Waals surface area contributed by atoms with Crippen LogP contribution in [0.15, 0.2) is 0 Å². The molecule has 0 aromatic carbocycles. The highest BCUT2D eigenvalue weighted by Gasteiger charge is 2.44. The SMILES string of the molecule is O=C1CCC(=O)O1.O=C1OC(=O)C2CCCCC12. The zero-order valence-corrected chi connectivity index (χ0v) is 9.85. The van der Waals surface area contributed by atoms with E-state index in [2.05, 4.69) is 9.47 Å². The van der Waals surface area contributed by atoms with E-state index in [4.69, 9.17) is 0 Å². The van der Waals surface area contributed by atoms with Crippen LogP contribution in [-0.2, 0) is 28.7 Å². The fourth-order valence-electron chi connectivity index (χ4n) is 2.38. The van der Waals surface area contributed by atoms with Gasteiger partial charge in [-0.1, -0.05) is 12.8 Å². The van der Waals surface area contributed by atoms with E-state index in [1.54, 1.807) is 0 Å². The van der Waals surface area contributed by atoms with E-state index in [1.807, 2.05) is 0 Å². The summed E-state index contributed by atoms with van der Waals surface area (Å²) in [5.74, 6) is -1.58. The molecule has 18 heavy (non-hydrogen) atoms. The van der Waals surface area contributed by atoms with Gasteiger partial charge in [-0.25, -0.2) is 0 Å². The Bertz CT molecular complexity index is 363. The number of fused-ring (bicyclic) bond motifs is 1. The lowest BCUT2D eigenvalue weighted by Crippen LogP contribution is -2.21. The van der Waals surface area contributed by atoms with Gasteiger partial charge in [0, 0.05) is 0 Å². The Hall–Kier alpha value is -1.72. The molecule has 2 saturated heterocycles. The highest BCUT2D eigenvalue weighted by atomic mass is 16.6. The average Bonchev–Trinajstić information content (AvgIpc) is 2.85. The molecule has 98 valence electrons. The first kappa shape index (κ1) is 12.7. The number of cyclic esters (lactones) is 4. The van der Waals surface area contributed by atoms with Crippen LogP contribution in [0.2, 0.25) is 0 Å². The lowest BCUT2D eigenvalue weighted by atomic mass is 9.81. The molecular formula is C12H14O6. The molecule has 6 nitrogen and oxygen atoms in total. The zero-order chi connectivity index (χ0) is 13.1. The number of rotatable bonds is 0. The Balaban J connectivity index is 0.000000149. The third kappa shape index (κ3) is 2.75. The van der Waals surface area contributed by atoms with Crippen LogP contribution in [0.4, 0.5) is 0 Å². The first-order chi connectivity index (χ1) is 8.58. The molecule has 1 aliphatic carbocycles. The summed E-state index contributed by atoms with van der Waals surface area (Å²) in [6.07, 6.45) is 4.33. The molecule has 2 atom stereocenters. The molecule has 3 fully saturated rings. The molecule has 2 heterocycles. The predicted molar refractivity (Wildman–Crippen MR) is 56.9 cm³/mol. The van der Waals surface area contributed by atoms with Crippen LogP contribution in [0.5, 0.6) is 0 Å². The van der Waals surface area contributed by atoms with Gasteiger partial charge in [-0.05, 0) is 12.8 Å². The van der Waals surface area contributed by atoms with Gasteiger partial charge in [-0.15, -0.1) is 0 Å². The number of hydrogen-bond acceptors (Lipinski definition) is 6. The standard InChI is InChI=1S/C8H10O3.C4H4O3/c9-7-5-3-1-2-4-6(5)8(10)11-7;5-3-1-2-4(6)7-3/h5-6H,1-4H2;1-2H2. The maximum atomic E-state index is 11.0. The molecule has 2 aliphatic heterocycles. The van der Waals surface area contributed by atoms with Crippen LogP contribution in [0.1, 0.15) is 38.5 Å². The second kappa shape index (κ2) is 5.29. The molecule has 2 unspecified atom stereocenters. The van der Waals surface area contributed by atoms with E-state index in [1.165, 1.54) is 0 Å². The van der Waals surface area contributed by atoms with Crippen molar-refractivity contribution < 1.29 is 28.7 Å². The molecule has 3 rings (SSSR count). The fourth-order valence-corrected chi connectivity index (χ4v) is 2.38. The van der Waals surface area contributed by atoms with Crippen molar-refractivity contribution in [3.63, 3.8) is 0 Å². The van der Waals surface area contributed by atoms with Gasteiger partial charge in [-0.2, -0.15) is 0 Å². The van der Waals surface area contributed by atoms with Crippen LogP contribution in [0, 0.1) is 11.8 Å². The van der Waals surface area contributed by atoms with Crippen molar-refractivity contribution in [3.05, 3.63) is 0 Å². The van der Waals surface area contributed by atoms with Gasteiger partial charge in [0.05, 0.1) is 24.7 Å². The summed E-state index contributed by atoms with van der Waals surface area (Å²) >= 11 is 0. The van der Waals surface area contributed by atoms with E-state index in [9.17, 15) is 19.2 Å². The maximum absolute atomic E-state index is 11.0. The zero-order valence-electron chi connectivity index (χ0n) is 9.85. The Kier molecular flexibility index (Phi) is 3.74. The monoisotopic (exact) mass is 254 g/mol. The lowest BCUT2D eigenvalue weighted by Gasteiger charge is -2.18. The first-order valence-corrected chi connectivity index (χ1v) is 6.07. The molecule has 0 amide bonds. The van der Waals surface area contributed by atoms with Crippen LogP contribution in [-0.4, -0.2) is 23.9 Å². The number of hydrogen-bond donors (Lipinski definition) is 0. The van der Waals surface area contributed by atoms with Crippen molar-refractivity contribution >= 4 is 23.9 Å². The van der Waals surface area contributed by atoms with E-state index in [0.29, 0.717) is 0 Å².